The molecule has 119 heavy (non-hydrogen) atoms. The van der Waals surface area contributed by atoms with Crippen LogP contribution in [0.2, 0.25) is 0 Å². The number of rotatable bonds is 42. The van der Waals surface area contributed by atoms with E-state index >= 15 is 0 Å². The van der Waals surface area contributed by atoms with Gasteiger partial charge >= 0.3 is 5.97 Å². The van der Waals surface area contributed by atoms with Gasteiger partial charge in [0.15, 0.2) is 50.1 Å². The number of hydrogen-bond acceptors (Lipinski definition) is 37. The van der Waals surface area contributed by atoms with E-state index in [-0.39, 0.29) is 12.2 Å². The Labute approximate surface area is 693 Å². The first kappa shape index (κ1) is 102. The molecule has 7 heterocycles. The van der Waals surface area contributed by atoms with Crippen LogP contribution in [0.4, 0.5) is 0 Å². The first-order valence-electron chi connectivity index (χ1n) is 40.8. The van der Waals surface area contributed by atoms with Gasteiger partial charge in [-0.2, -0.15) is 0 Å². The minimum atomic E-state index is -1.90. The molecular formula is C82H134O37. The second kappa shape index (κ2) is 47.5. The standard InChI is InChI=1S/C82H134O37/c1-13-81(11,118-79-71(61(96)56(91)49(35-85)111-79)116-76-65(100)59(94)54(89)47(33-83)109-76)31-19-28-41(5)23-15-21-39(3)25-17-27-43(7)37-105-75-67(102)63(98)69(51(113-75)38-106-74-64(99)58(93)52(87)45(9)107-74)115-78-68(103)70(53(88)46(10)108-78)114-73(104)44(8)30-18-26-40(4)22-16-24-42(6)29-20-32-82(12,14-2)119-80-72(62(97)57(92)50(36-86)112-80)117-77-66(101)60(95)55(90)48(34-84)110-77/h13-14,21-22,27-30,45-72,74-80,83-103H,1-2,15-20,23-26,31-38H2,3-12H3/b39-21+,40-22+,41-28+,42-29+,43-27-,44-30+/t45-,46-,47+,48+,49+,50+,51+,52-,53-,54+,55+,56+,57+,58+,59-,60-,61-,62-,63+,64+,65+,66+,67+,68+,69+,70+,71+,72+,74+,75+,76-,77-,78+,79-,80-,81+,82+/m0/s1. The second-order valence-corrected chi connectivity index (χ2v) is 32.7. The number of aliphatic hydroxyl groups is 21. The topological polar surface area (TPSA) is 580 Å². The van der Waals surface area contributed by atoms with Crippen molar-refractivity contribution in [2.24, 2.45) is 0 Å². The molecule has 0 aromatic heterocycles. The second-order valence-electron chi connectivity index (χ2n) is 32.7. The number of hydrogen-bond donors (Lipinski definition) is 21. The van der Waals surface area contributed by atoms with E-state index in [0.717, 1.165) is 27.9 Å². The number of carbonyl (C=O) groups is 1. The van der Waals surface area contributed by atoms with Crippen molar-refractivity contribution >= 4 is 5.97 Å². The van der Waals surface area contributed by atoms with Crippen LogP contribution in [0.3, 0.4) is 0 Å². The summed E-state index contributed by atoms with van der Waals surface area (Å²) >= 11 is 0. The third-order valence-corrected chi connectivity index (χ3v) is 22.9. The number of allylic oxidation sites excluding steroid dienone is 10. The molecule has 7 aliphatic heterocycles. The lowest BCUT2D eigenvalue weighted by Crippen LogP contribution is -2.65. The van der Waals surface area contributed by atoms with E-state index in [1.807, 2.05) is 45.9 Å². The zero-order chi connectivity index (χ0) is 88.2. The first-order valence-corrected chi connectivity index (χ1v) is 40.8. The van der Waals surface area contributed by atoms with Gasteiger partial charge in [0.2, 0.25) is 0 Å². The molecule has 37 atom stereocenters. The smallest absolute Gasteiger partial charge is 0.333 e. The van der Waals surface area contributed by atoms with Crippen LogP contribution in [0.1, 0.15) is 146 Å². The Balaban J connectivity index is 0.881. The molecule has 0 aromatic carbocycles. The fourth-order valence-corrected chi connectivity index (χ4v) is 14.6. The maximum Gasteiger partial charge on any atom is 0.333 e. The van der Waals surface area contributed by atoms with Gasteiger partial charge in [-0.3, -0.25) is 0 Å². The molecule has 0 unspecified atom stereocenters. The maximum atomic E-state index is 13.7. The van der Waals surface area contributed by atoms with Crippen molar-refractivity contribution in [3.8, 4) is 0 Å². The predicted octanol–water partition coefficient (Wildman–Crippen LogP) is -2.41. The van der Waals surface area contributed by atoms with E-state index in [1.165, 1.54) is 32.9 Å². The molecular weight excluding hydrogens is 1580 g/mol. The molecule has 21 N–H and O–H groups in total. The van der Waals surface area contributed by atoms with Crippen LogP contribution in [-0.4, -0.2) is 379 Å². The minimum Gasteiger partial charge on any atom is -0.453 e. The molecule has 0 bridgehead atoms. The maximum absolute atomic E-state index is 13.7. The van der Waals surface area contributed by atoms with Gasteiger partial charge in [-0.05, 0) is 146 Å². The van der Waals surface area contributed by atoms with Crippen LogP contribution >= 0.6 is 0 Å². The number of esters is 1. The molecule has 0 aromatic rings. The molecule has 37 heteroatoms. The molecule has 7 fully saturated rings. The van der Waals surface area contributed by atoms with E-state index in [9.17, 15) is 112 Å². The first-order chi connectivity index (χ1) is 56.2. The molecule has 0 amide bonds. The van der Waals surface area contributed by atoms with Crippen molar-refractivity contribution in [1.29, 1.82) is 0 Å². The highest BCUT2D eigenvalue weighted by Gasteiger charge is 2.57. The molecule has 0 aliphatic carbocycles. The largest absolute Gasteiger partial charge is 0.453 e. The van der Waals surface area contributed by atoms with E-state index in [0.29, 0.717) is 77.0 Å². The average Bonchev–Trinajstić information content (AvgIpc) is 0.786. The summed E-state index contributed by atoms with van der Waals surface area (Å²) in [6, 6.07) is 0. The van der Waals surface area contributed by atoms with Crippen molar-refractivity contribution in [2.45, 2.75) is 372 Å². The quantitative estimate of drug-likeness (QED) is 0.0172. The lowest BCUT2D eigenvalue weighted by molar-refractivity contribution is -0.375. The van der Waals surface area contributed by atoms with Gasteiger partial charge in [0.05, 0.1) is 63.1 Å². The summed E-state index contributed by atoms with van der Waals surface area (Å²) in [6.07, 6.45) is -34.5. The zero-order valence-electron chi connectivity index (χ0n) is 69.4. The Morgan fingerprint density at radius 3 is 1.08 bits per heavy atom. The van der Waals surface area contributed by atoms with Crippen LogP contribution < -0.4 is 0 Å². The van der Waals surface area contributed by atoms with Gasteiger partial charge in [0.1, 0.15) is 153 Å². The molecule has 684 valence electrons. The van der Waals surface area contributed by atoms with E-state index in [4.69, 9.17) is 71.1 Å². The third-order valence-electron chi connectivity index (χ3n) is 22.9. The van der Waals surface area contributed by atoms with Crippen molar-refractivity contribution in [1.82, 2.24) is 0 Å². The van der Waals surface area contributed by atoms with Gasteiger partial charge in [-0.1, -0.05) is 76.5 Å². The van der Waals surface area contributed by atoms with E-state index in [2.05, 4.69) is 25.3 Å². The third kappa shape index (κ3) is 27.5. The van der Waals surface area contributed by atoms with Crippen LogP contribution in [0.15, 0.2) is 95.2 Å². The highest BCUT2D eigenvalue weighted by molar-refractivity contribution is 5.87. The van der Waals surface area contributed by atoms with Crippen LogP contribution in [0.25, 0.3) is 0 Å². The molecule has 0 spiro atoms. The number of carbonyl (C=O) groups excluding carboxylic acids is 1. The molecule has 7 rings (SSSR count). The Bertz CT molecular complexity index is 3300. The van der Waals surface area contributed by atoms with Crippen molar-refractivity contribution in [3.63, 3.8) is 0 Å². The minimum absolute atomic E-state index is 0.0882. The fourth-order valence-electron chi connectivity index (χ4n) is 14.6. The predicted molar refractivity (Wildman–Crippen MR) is 416 cm³/mol. The number of ether oxygens (including phenoxy) is 15. The van der Waals surface area contributed by atoms with E-state index in [1.54, 1.807) is 26.8 Å². The monoisotopic (exact) mass is 1710 g/mol. The highest BCUT2D eigenvalue weighted by Crippen LogP contribution is 2.39. The van der Waals surface area contributed by atoms with Crippen LogP contribution in [0.5, 0.6) is 0 Å². The van der Waals surface area contributed by atoms with Crippen LogP contribution in [-0.2, 0) is 75.8 Å². The molecule has 0 radical (unpaired) electrons. The van der Waals surface area contributed by atoms with Crippen molar-refractivity contribution in [3.05, 3.63) is 95.2 Å². The molecule has 7 aliphatic rings. The normalized spacial score (nSPS) is 41.1. The van der Waals surface area contributed by atoms with E-state index < -0.39 is 265 Å². The van der Waals surface area contributed by atoms with Gasteiger partial charge < -0.3 is 178 Å². The number of aliphatic hydroxyl groups excluding tert-OH is 21. The SMILES string of the molecule is C=C[C@](C)(CC/C=C(\C)CC/C=C(\C)CC/C=C(/C)CO[C@@H]1O[C@H](CO[C@@H]2O[C@@H](C)[C@H](O)[C@@H](O)[C@H]2O)[C@@H](O[C@H]2O[C@@H](C)[C@H](O)[C@@H](OC(=O)/C(C)=C/CC/C(C)=C/CC/C(C)=C/CC[C@@](C)(C=C)O[C@@H]3O[C@H](CO)[C@@H](O)[C@H](O)[C@H]3O[C@@H]3O[C@H](CO)[C@@H](O)[C@H](O)[C@H]3O)[C@H]2O)[C@H](O)[C@H]1O)O[C@@H]1O[C@H](CO)[C@@H](O)[C@H](O)[C@H]1O[C@@H]1O[C@H](CO)[C@@H](O)[C@H](O)[C@H]1O. The Morgan fingerprint density at radius 1 is 0.336 bits per heavy atom. The molecule has 0 saturated carbocycles. The van der Waals surface area contributed by atoms with Gasteiger partial charge in [-0.15, -0.1) is 13.2 Å². The van der Waals surface area contributed by atoms with Crippen molar-refractivity contribution < 1.29 is 183 Å². The Kier molecular flexibility index (Phi) is 40.8. The van der Waals surface area contributed by atoms with Crippen LogP contribution in [0, 0.1) is 0 Å². The summed E-state index contributed by atoms with van der Waals surface area (Å²) in [5.41, 5.74) is 2.82. The molecule has 37 nitrogen and oxygen atoms in total. The summed E-state index contributed by atoms with van der Waals surface area (Å²) in [4.78, 5) is 13.7. The van der Waals surface area contributed by atoms with Crippen molar-refractivity contribution in [2.75, 3.05) is 39.6 Å². The lowest BCUT2D eigenvalue weighted by Gasteiger charge is -2.47. The van der Waals surface area contributed by atoms with Gasteiger partial charge in [-0.25, -0.2) is 4.79 Å². The highest BCUT2D eigenvalue weighted by atomic mass is 16.8. The summed E-state index contributed by atoms with van der Waals surface area (Å²) in [6.45, 7) is 21.8. The zero-order valence-corrected chi connectivity index (χ0v) is 69.4. The summed E-state index contributed by atoms with van der Waals surface area (Å²) in [5.74, 6) is -0.873. The lowest BCUT2D eigenvalue weighted by atomic mass is 9.95. The Morgan fingerprint density at radius 2 is 0.655 bits per heavy atom. The molecule has 7 saturated heterocycles. The summed E-state index contributed by atoms with van der Waals surface area (Å²) in [5, 5.41) is 224. The average molecular weight is 1710 g/mol. The summed E-state index contributed by atoms with van der Waals surface area (Å²) in [7, 11) is 0. The fraction of sp³-hybridized carbons (Fsp3) is 0.793. The summed E-state index contributed by atoms with van der Waals surface area (Å²) < 4.78 is 88.5. The van der Waals surface area contributed by atoms with Gasteiger partial charge in [0, 0.05) is 5.57 Å². The van der Waals surface area contributed by atoms with Gasteiger partial charge in [0.25, 0.3) is 0 Å². The Hall–Kier alpha value is -4.01.